The highest BCUT2D eigenvalue weighted by Gasteiger charge is 2.43. The highest BCUT2D eigenvalue weighted by atomic mass is 16.5. The van der Waals surface area contributed by atoms with E-state index in [0.717, 1.165) is 11.1 Å². The van der Waals surface area contributed by atoms with E-state index >= 15 is 0 Å². The Hall–Kier alpha value is -4.19. The fourth-order valence-corrected chi connectivity index (χ4v) is 4.34. The van der Waals surface area contributed by atoms with Crippen LogP contribution in [0.25, 0.3) is 11.0 Å². The fraction of sp³-hybridized carbons (Fsp3) is 0.148. The smallest absolute Gasteiger partial charge is 0.295 e. The average Bonchev–Trinajstić information content (AvgIpc) is 3.12. The van der Waals surface area contributed by atoms with E-state index in [0.29, 0.717) is 33.5 Å². The highest BCUT2D eigenvalue weighted by molar-refractivity contribution is 6.11. The molecule has 6 heteroatoms. The minimum atomic E-state index is -0.702. The van der Waals surface area contributed by atoms with Crippen LogP contribution in [0.15, 0.2) is 75.9 Å². The second kappa shape index (κ2) is 7.74. The molecule has 164 valence electrons. The van der Waals surface area contributed by atoms with Crippen LogP contribution in [0.5, 0.6) is 5.75 Å². The summed E-state index contributed by atoms with van der Waals surface area (Å²) in [5.74, 6) is 0.162. The normalized spacial score (nSPS) is 15.1. The van der Waals surface area contributed by atoms with Crippen LogP contribution in [-0.4, -0.2) is 18.8 Å². The minimum absolute atomic E-state index is 0.0276. The van der Waals surface area contributed by atoms with Crippen LogP contribution in [0.1, 0.15) is 50.6 Å². The molecule has 1 unspecified atom stereocenters. The summed E-state index contributed by atoms with van der Waals surface area (Å²) in [5.41, 5.74) is 3.17. The van der Waals surface area contributed by atoms with Crippen LogP contribution in [0, 0.1) is 6.92 Å². The molecule has 0 aliphatic carbocycles. The van der Waals surface area contributed by atoms with Crippen LogP contribution in [0.4, 0.5) is 5.69 Å². The molecule has 0 bridgehead atoms. The summed E-state index contributed by atoms with van der Waals surface area (Å²) >= 11 is 0. The lowest BCUT2D eigenvalue weighted by molar-refractivity contribution is 0.0970. The van der Waals surface area contributed by atoms with E-state index in [-0.39, 0.29) is 17.0 Å². The van der Waals surface area contributed by atoms with Crippen molar-refractivity contribution in [2.75, 3.05) is 12.0 Å². The zero-order valence-corrected chi connectivity index (χ0v) is 18.4. The third kappa shape index (κ3) is 3.31. The van der Waals surface area contributed by atoms with Gasteiger partial charge in [0.25, 0.3) is 5.91 Å². The SMILES string of the molecule is COc1cccc(C2c3c(oc4ccc(C)cc4c3=O)C(=O)N2c2ccc(C(C)=O)cc2)c1. The molecule has 33 heavy (non-hydrogen) atoms. The number of hydrogen-bond donors (Lipinski definition) is 0. The number of ether oxygens (including phenoxy) is 1. The molecule has 0 radical (unpaired) electrons. The van der Waals surface area contributed by atoms with Gasteiger partial charge in [0.1, 0.15) is 11.3 Å². The number of Topliss-reactive ketones (excluding diaryl/α,β-unsaturated/α-hetero) is 1. The molecule has 1 aromatic heterocycles. The first-order chi connectivity index (χ1) is 15.9. The summed E-state index contributed by atoms with van der Waals surface area (Å²) in [6.07, 6.45) is 0. The van der Waals surface area contributed by atoms with E-state index < -0.39 is 11.9 Å². The molecule has 2 heterocycles. The highest BCUT2D eigenvalue weighted by Crippen LogP contribution is 2.42. The maximum absolute atomic E-state index is 13.7. The van der Waals surface area contributed by atoms with Gasteiger partial charge in [0.15, 0.2) is 11.2 Å². The van der Waals surface area contributed by atoms with E-state index in [1.807, 2.05) is 31.2 Å². The van der Waals surface area contributed by atoms with Crippen molar-refractivity contribution in [1.82, 2.24) is 0 Å². The van der Waals surface area contributed by atoms with Gasteiger partial charge in [0.05, 0.1) is 24.1 Å². The first kappa shape index (κ1) is 20.7. The van der Waals surface area contributed by atoms with E-state index in [4.69, 9.17) is 9.15 Å². The topological polar surface area (TPSA) is 76.8 Å². The molecule has 0 spiro atoms. The standard InChI is InChI=1S/C27H21NO5/c1-15-7-12-22-21(13-15)25(30)23-24(18-5-4-6-20(14-18)32-3)28(27(31)26(23)33-22)19-10-8-17(9-11-19)16(2)29/h4-14,24H,1-3H3. The number of rotatable bonds is 4. The maximum Gasteiger partial charge on any atom is 0.295 e. The minimum Gasteiger partial charge on any atom is -0.497 e. The van der Waals surface area contributed by atoms with Crippen LogP contribution in [0.3, 0.4) is 0 Å². The Kier molecular flexibility index (Phi) is 4.86. The molecular formula is C27H21NO5. The summed E-state index contributed by atoms with van der Waals surface area (Å²) in [6.45, 7) is 3.39. The van der Waals surface area contributed by atoms with Crippen molar-refractivity contribution < 1.29 is 18.7 Å². The summed E-state index contributed by atoms with van der Waals surface area (Å²) < 4.78 is 11.4. The van der Waals surface area contributed by atoms with Crippen molar-refractivity contribution >= 4 is 28.3 Å². The molecule has 0 fully saturated rings. The molecule has 0 saturated heterocycles. The molecule has 1 atom stereocenters. The number of aryl methyl sites for hydroxylation is 1. The lowest BCUT2D eigenvalue weighted by Crippen LogP contribution is -2.29. The Balaban J connectivity index is 1.78. The molecule has 1 amide bonds. The van der Waals surface area contributed by atoms with Gasteiger partial charge in [-0.1, -0.05) is 23.8 Å². The monoisotopic (exact) mass is 439 g/mol. The Labute approximate surface area is 190 Å². The molecule has 4 aromatic rings. The summed E-state index contributed by atoms with van der Waals surface area (Å²) in [7, 11) is 1.57. The average molecular weight is 439 g/mol. The van der Waals surface area contributed by atoms with Gasteiger partial charge >= 0.3 is 0 Å². The quantitative estimate of drug-likeness (QED) is 0.415. The largest absolute Gasteiger partial charge is 0.497 e. The van der Waals surface area contributed by atoms with Gasteiger partial charge in [-0.05, 0) is 67.9 Å². The molecule has 6 nitrogen and oxygen atoms in total. The van der Waals surface area contributed by atoms with E-state index in [2.05, 4.69) is 0 Å². The number of methoxy groups -OCH3 is 1. The fourth-order valence-electron chi connectivity index (χ4n) is 4.34. The van der Waals surface area contributed by atoms with Crippen LogP contribution < -0.4 is 15.1 Å². The number of amides is 1. The predicted octanol–water partition coefficient (Wildman–Crippen LogP) is 5.06. The zero-order valence-electron chi connectivity index (χ0n) is 18.4. The number of benzene rings is 3. The van der Waals surface area contributed by atoms with Crippen LogP contribution in [-0.2, 0) is 0 Å². The van der Waals surface area contributed by atoms with E-state index in [9.17, 15) is 14.4 Å². The third-order valence-electron chi connectivity index (χ3n) is 5.99. The molecule has 0 N–H and O–H groups in total. The van der Waals surface area contributed by atoms with Gasteiger partial charge in [-0.25, -0.2) is 0 Å². The van der Waals surface area contributed by atoms with Gasteiger partial charge < -0.3 is 9.15 Å². The zero-order chi connectivity index (χ0) is 23.3. The number of fused-ring (bicyclic) bond motifs is 2. The lowest BCUT2D eigenvalue weighted by atomic mass is 9.97. The summed E-state index contributed by atoms with van der Waals surface area (Å²) in [4.78, 5) is 40.5. The van der Waals surface area contributed by atoms with Gasteiger partial charge in [-0.2, -0.15) is 0 Å². The molecule has 1 aliphatic rings. The lowest BCUT2D eigenvalue weighted by Gasteiger charge is -2.25. The van der Waals surface area contributed by atoms with Crippen molar-refractivity contribution in [2.45, 2.75) is 19.9 Å². The number of nitrogens with zero attached hydrogens (tertiary/aromatic N) is 1. The number of carbonyl (C=O) groups is 2. The molecule has 5 rings (SSSR count). The number of hydrogen-bond acceptors (Lipinski definition) is 5. The molecule has 1 aliphatic heterocycles. The second-order valence-electron chi connectivity index (χ2n) is 8.13. The van der Waals surface area contributed by atoms with Crippen molar-refractivity contribution in [3.8, 4) is 5.75 Å². The Morgan fingerprint density at radius 2 is 1.76 bits per heavy atom. The van der Waals surface area contributed by atoms with Crippen molar-refractivity contribution in [2.24, 2.45) is 0 Å². The molecular weight excluding hydrogens is 418 g/mol. The summed E-state index contributed by atoms with van der Waals surface area (Å²) in [5, 5.41) is 0.434. The van der Waals surface area contributed by atoms with Gasteiger partial charge in [0.2, 0.25) is 5.76 Å². The Bertz CT molecular complexity index is 1480. The van der Waals surface area contributed by atoms with E-state index in [1.165, 1.54) is 6.92 Å². The second-order valence-corrected chi connectivity index (χ2v) is 8.13. The van der Waals surface area contributed by atoms with E-state index in [1.54, 1.807) is 54.5 Å². The number of anilines is 1. The van der Waals surface area contributed by atoms with Gasteiger partial charge in [-0.15, -0.1) is 0 Å². The van der Waals surface area contributed by atoms with Crippen molar-refractivity contribution in [3.63, 3.8) is 0 Å². The van der Waals surface area contributed by atoms with Gasteiger partial charge in [-0.3, -0.25) is 19.3 Å². The maximum atomic E-state index is 13.7. The predicted molar refractivity (Wildman–Crippen MR) is 125 cm³/mol. The Morgan fingerprint density at radius 3 is 2.45 bits per heavy atom. The first-order valence-corrected chi connectivity index (χ1v) is 10.5. The molecule has 3 aromatic carbocycles. The summed E-state index contributed by atoms with van der Waals surface area (Å²) in [6, 6.07) is 18.7. The van der Waals surface area contributed by atoms with Gasteiger partial charge in [0, 0.05) is 11.3 Å². The van der Waals surface area contributed by atoms with Crippen LogP contribution in [0.2, 0.25) is 0 Å². The van der Waals surface area contributed by atoms with Crippen LogP contribution >= 0.6 is 0 Å². The third-order valence-corrected chi connectivity index (χ3v) is 5.99. The molecule has 0 saturated carbocycles. The van der Waals surface area contributed by atoms with Crippen molar-refractivity contribution in [1.29, 1.82) is 0 Å². The van der Waals surface area contributed by atoms with Crippen molar-refractivity contribution in [3.05, 3.63) is 105 Å². The number of ketones is 1. The first-order valence-electron chi connectivity index (χ1n) is 10.5. The number of carbonyl (C=O) groups excluding carboxylic acids is 2. The Morgan fingerprint density at radius 1 is 1.00 bits per heavy atom.